The van der Waals surface area contributed by atoms with Gasteiger partial charge in [-0.15, -0.1) is 12.4 Å². The van der Waals surface area contributed by atoms with Gasteiger partial charge in [-0.25, -0.2) is 0 Å². The van der Waals surface area contributed by atoms with Crippen molar-refractivity contribution in [3.8, 4) is 0 Å². The summed E-state index contributed by atoms with van der Waals surface area (Å²) in [6.45, 7) is 4.22. The molecule has 0 unspecified atom stereocenters. The molecule has 1 aromatic rings. The van der Waals surface area contributed by atoms with Crippen molar-refractivity contribution in [1.29, 1.82) is 0 Å². The van der Waals surface area contributed by atoms with Gasteiger partial charge in [0.05, 0.1) is 0 Å². The molecule has 0 bridgehead atoms. The van der Waals surface area contributed by atoms with E-state index >= 15 is 0 Å². The van der Waals surface area contributed by atoms with Crippen LogP contribution in [0.2, 0.25) is 0 Å². The van der Waals surface area contributed by atoms with Crippen LogP contribution in [0.3, 0.4) is 0 Å². The van der Waals surface area contributed by atoms with E-state index in [1.807, 2.05) is 15.7 Å². The van der Waals surface area contributed by atoms with E-state index < -0.39 is 0 Å². The molecule has 2 atom stereocenters. The Morgan fingerprint density at radius 2 is 2.05 bits per heavy atom. The fraction of sp³-hybridized carbons (Fsp3) is 0.571. The Bertz CT molecular complexity index is 482. The average molecular weight is 330 g/mol. The summed E-state index contributed by atoms with van der Waals surface area (Å²) in [6, 6.07) is 1.79. The molecule has 2 fully saturated rings. The van der Waals surface area contributed by atoms with E-state index in [9.17, 15) is 9.59 Å². The molecule has 21 heavy (non-hydrogen) atoms. The number of likely N-dealkylation sites (tertiary alicyclic amines) is 1. The summed E-state index contributed by atoms with van der Waals surface area (Å²) in [5.41, 5.74) is 0.671. The molecule has 0 aromatic carbocycles. The van der Waals surface area contributed by atoms with E-state index in [4.69, 9.17) is 0 Å². The predicted octanol–water partition coefficient (Wildman–Crippen LogP) is 0.968. The first-order chi connectivity index (χ1) is 9.74. The number of nitrogens with zero attached hydrogens (tertiary/aromatic N) is 1. The van der Waals surface area contributed by atoms with Crippen molar-refractivity contribution < 1.29 is 9.59 Å². The molecule has 7 heteroatoms. The van der Waals surface area contributed by atoms with Crippen LogP contribution in [0.5, 0.6) is 0 Å². The number of rotatable bonds is 4. The normalized spacial score (nSPS) is 23.5. The highest BCUT2D eigenvalue weighted by Gasteiger charge is 2.37. The molecule has 3 rings (SSSR count). The smallest absolute Gasteiger partial charge is 0.252 e. The second-order valence-electron chi connectivity index (χ2n) is 5.50. The largest absolute Gasteiger partial charge is 0.351 e. The molecule has 2 N–H and O–H groups in total. The fourth-order valence-corrected chi connectivity index (χ4v) is 3.63. The Kier molecular flexibility index (Phi) is 5.61. The molecule has 1 aromatic heterocycles. The monoisotopic (exact) mass is 329 g/mol. The fourth-order valence-electron chi connectivity index (χ4n) is 3.00. The number of thiophene rings is 1. The van der Waals surface area contributed by atoms with E-state index in [1.165, 1.54) is 11.3 Å². The second-order valence-corrected chi connectivity index (χ2v) is 6.28. The maximum absolute atomic E-state index is 12.1. The minimum absolute atomic E-state index is 0. The minimum Gasteiger partial charge on any atom is -0.351 e. The Morgan fingerprint density at radius 1 is 1.33 bits per heavy atom. The number of nitrogens with one attached hydrogen (secondary N) is 2. The van der Waals surface area contributed by atoms with Crippen molar-refractivity contribution in [2.75, 3.05) is 32.7 Å². The van der Waals surface area contributed by atoms with Gasteiger partial charge in [0.15, 0.2) is 0 Å². The second kappa shape index (κ2) is 7.24. The van der Waals surface area contributed by atoms with Gasteiger partial charge in [-0.2, -0.15) is 11.3 Å². The van der Waals surface area contributed by atoms with Gasteiger partial charge in [0, 0.05) is 50.1 Å². The van der Waals surface area contributed by atoms with Crippen LogP contribution in [0.15, 0.2) is 16.8 Å². The first kappa shape index (κ1) is 16.3. The van der Waals surface area contributed by atoms with Crippen molar-refractivity contribution in [1.82, 2.24) is 15.5 Å². The lowest BCUT2D eigenvalue weighted by Crippen LogP contribution is -2.34. The summed E-state index contributed by atoms with van der Waals surface area (Å²) in [7, 11) is 0. The van der Waals surface area contributed by atoms with Crippen molar-refractivity contribution in [3.05, 3.63) is 22.4 Å². The van der Waals surface area contributed by atoms with E-state index in [2.05, 4.69) is 10.6 Å². The first-order valence-electron chi connectivity index (χ1n) is 7.03. The molecule has 0 aliphatic carbocycles. The van der Waals surface area contributed by atoms with Gasteiger partial charge in [-0.3, -0.25) is 9.59 Å². The average Bonchev–Trinajstić information content (AvgIpc) is 3.14. The zero-order valence-corrected chi connectivity index (χ0v) is 13.3. The molecule has 0 radical (unpaired) electrons. The van der Waals surface area contributed by atoms with E-state index in [0.29, 0.717) is 30.4 Å². The molecule has 5 nitrogen and oxygen atoms in total. The van der Waals surface area contributed by atoms with Crippen molar-refractivity contribution >= 4 is 35.6 Å². The maximum atomic E-state index is 12.1. The third kappa shape index (κ3) is 3.75. The van der Waals surface area contributed by atoms with Crippen molar-refractivity contribution in [2.45, 2.75) is 6.42 Å². The molecule has 2 aliphatic rings. The van der Waals surface area contributed by atoms with Crippen LogP contribution in [-0.2, 0) is 4.79 Å². The molecule has 3 heterocycles. The third-order valence-corrected chi connectivity index (χ3v) is 4.83. The van der Waals surface area contributed by atoms with E-state index in [1.54, 1.807) is 6.07 Å². The number of fused-ring (bicyclic) bond motifs is 1. The lowest BCUT2D eigenvalue weighted by molar-refractivity contribution is -0.130. The summed E-state index contributed by atoms with van der Waals surface area (Å²) in [5.74, 6) is 1.31. The summed E-state index contributed by atoms with van der Waals surface area (Å²) in [5, 5.41) is 9.84. The van der Waals surface area contributed by atoms with Gasteiger partial charge in [-0.1, -0.05) is 0 Å². The molecule has 0 spiro atoms. The van der Waals surface area contributed by atoms with Crippen LogP contribution in [0.1, 0.15) is 16.8 Å². The first-order valence-corrected chi connectivity index (χ1v) is 7.97. The number of hydrogen-bond acceptors (Lipinski definition) is 4. The molecule has 0 saturated carbocycles. The van der Waals surface area contributed by atoms with Gasteiger partial charge in [0.2, 0.25) is 5.91 Å². The highest BCUT2D eigenvalue weighted by Crippen LogP contribution is 2.26. The molecule has 2 aliphatic heterocycles. The third-order valence-electron chi connectivity index (χ3n) is 4.15. The highest BCUT2D eigenvalue weighted by atomic mass is 35.5. The van der Waals surface area contributed by atoms with Gasteiger partial charge in [0.25, 0.3) is 5.91 Å². The van der Waals surface area contributed by atoms with Crippen LogP contribution in [0.4, 0.5) is 0 Å². The Morgan fingerprint density at radius 3 is 2.67 bits per heavy atom. The topological polar surface area (TPSA) is 61.4 Å². The highest BCUT2D eigenvalue weighted by molar-refractivity contribution is 7.08. The predicted molar refractivity (Wildman–Crippen MR) is 84.9 cm³/mol. The molecular formula is C14H20ClN3O2S. The Hall–Kier alpha value is -1.11. The number of amides is 2. The molecule has 2 saturated heterocycles. The van der Waals surface area contributed by atoms with Crippen molar-refractivity contribution in [3.63, 3.8) is 0 Å². The number of carbonyl (C=O) groups excluding carboxylic acids is 2. The summed E-state index contributed by atoms with van der Waals surface area (Å²) in [6.07, 6.45) is 0.392. The standard InChI is InChI=1S/C14H19N3O2S.ClH/c18-13(17-7-11-5-15-6-12(11)8-17)1-3-16-14(19)10-2-4-20-9-10;/h2,4,9,11-12,15H,1,3,5-8H2,(H,16,19);1H/t11-,12+;. The SMILES string of the molecule is Cl.O=C(NCCC(=O)N1C[C@H]2CNC[C@H]2C1)c1ccsc1. The zero-order valence-electron chi connectivity index (χ0n) is 11.7. The summed E-state index contributed by atoms with van der Waals surface area (Å²) in [4.78, 5) is 25.8. The molecule has 116 valence electrons. The number of halogens is 1. The van der Waals surface area contributed by atoms with Gasteiger partial charge >= 0.3 is 0 Å². The summed E-state index contributed by atoms with van der Waals surface area (Å²) >= 11 is 1.50. The van der Waals surface area contributed by atoms with Crippen LogP contribution in [0, 0.1) is 11.8 Å². The van der Waals surface area contributed by atoms with Crippen LogP contribution in [-0.4, -0.2) is 49.4 Å². The minimum atomic E-state index is -0.0958. The number of carbonyl (C=O) groups is 2. The number of hydrogen-bond donors (Lipinski definition) is 2. The van der Waals surface area contributed by atoms with Crippen LogP contribution < -0.4 is 10.6 Å². The molecule has 2 amide bonds. The lowest BCUT2D eigenvalue weighted by atomic mass is 10.0. The Balaban J connectivity index is 0.00000161. The maximum Gasteiger partial charge on any atom is 0.252 e. The van der Waals surface area contributed by atoms with Crippen LogP contribution in [0.25, 0.3) is 0 Å². The van der Waals surface area contributed by atoms with E-state index in [-0.39, 0.29) is 24.2 Å². The van der Waals surface area contributed by atoms with Gasteiger partial charge in [0.1, 0.15) is 0 Å². The summed E-state index contributed by atoms with van der Waals surface area (Å²) < 4.78 is 0. The quantitative estimate of drug-likeness (QED) is 0.865. The van der Waals surface area contributed by atoms with E-state index in [0.717, 1.165) is 26.2 Å². The van der Waals surface area contributed by atoms with Gasteiger partial charge in [-0.05, 0) is 23.3 Å². The lowest BCUT2D eigenvalue weighted by Gasteiger charge is -2.17. The van der Waals surface area contributed by atoms with Crippen LogP contribution >= 0.6 is 23.7 Å². The van der Waals surface area contributed by atoms with Gasteiger partial charge < -0.3 is 15.5 Å². The zero-order chi connectivity index (χ0) is 13.9. The van der Waals surface area contributed by atoms with Crippen molar-refractivity contribution in [2.24, 2.45) is 11.8 Å². The molecular weight excluding hydrogens is 310 g/mol. The Labute approximate surface area is 134 Å².